The lowest BCUT2D eigenvalue weighted by atomic mass is 9.84. The van der Waals surface area contributed by atoms with Gasteiger partial charge in [0.2, 0.25) is 0 Å². The number of hydrogen-bond donors (Lipinski definition) is 2. The summed E-state index contributed by atoms with van der Waals surface area (Å²) in [5, 5.41) is 11.6. The van der Waals surface area contributed by atoms with Gasteiger partial charge in [0.1, 0.15) is 5.69 Å². The molecule has 0 aliphatic carbocycles. The van der Waals surface area contributed by atoms with Crippen LogP contribution >= 0.6 is 0 Å². The highest BCUT2D eigenvalue weighted by molar-refractivity contribution is 5.92. The Balaban J connectivity index is 2.78. The third-order valence-corrected chi connectivity index (χ3v) is 2.63. The second-order valence-corrected chi connectivity index (χ2v) is 5.20. The molecule has 0 aromatic carbocycles. The van der Waals surface area contributed by atoms with Crippen LogP contribution in [-0.2, 0) is 4.79 Å². The Morgan fingerprint density at radius 2 is 2.06 bits per heavy atom. The second kappa shape index (κ2) is 5.62. The normalized spacial score (nSPS) is 12.8. The number of aromatic nitrogens is 1. The van der Waals surface area contributed by atoms with Gasteiger partial charge in [-0.3, -0.25) is 14.6 Å². The highest BCUT2D eigenvalue weighted by Gasteiger charge is 2.28. The minimum Gasteiger partial charge on any atom is -0.481 e. The number of hydrogen-bond acceptors (Lipinski definition) is 3. The van der Waals surface area contributed by atoms with E-state index in [1.165, 1.54) is 6.20 Å². The van der Waals surface area contributed by atoms with Crippen LogP contribution in [0.25, 0.3) is 0 Å². The standard InChI is InChI=1S/C13H18N2O3/c1-13(2,3)10(8-11(16)17)15-12(18)9-6-4-5-7-14-9/h4-7,10H,8H2,1-3H3,(H,15,18)(H,16,17). The molecule has 1 aromatic rings. The van der Waals surface area contributed by atoms with Gasteiger partial charge in [-0.05, 0) is 17.5 Å². The van der Waals surface area contributed by atoms with Crippen molar-refractivity contribution >= 4 is 11.9 Å². The number of rotatable bonds is 4. The van der Waals surface area contributed by atoms with Gasteiger partial charge in [0.05, 0.1) is 6.42 Å². The van der Waals surface area contributed by atoms with E-state index in [0.29, 0.717) is 0 Å². The van der Waals surface area contributed by atoms with Gasteiger partial charge in [-0.1, -0.05) is 26.8 Å². The third-order valence-electron chi connectivity index (χ3n) is 2.63. The zero-order chi connectivity index (χ0) is 13.8. The van der Waals surface area contributed by atoms with Crippen molar-refractivity contribution in [3.63, 3.8) is 0 Å². The predicted octanol–water partition coefficient (Wildman–Crippen LogP) is 1.70. The van der Waals surface area contributed by atoms with Crippen LogP contribution in [0, 0.1) is 5.41 Å². The van der Waals surface area contributed by atoms with Crippen LogP contribution < -0.4 is 5.32 Å². The topological polar surface area (TPSA) is 79.3 Å². The first-order valence-electron chi connectivity index (χ1n) is 5.74. The van der Waals surface area contributed by atoms with Crippen molar-refractivity contribution in [2.75, 3.05) is 0 Å². The van der Waals surface area contributed by atoms with Crippen LogP contribution in [0.2, 0.25) is 0 Å². The molecule has 98 valence electrons. The van der Waals surface area contributed by atoms with Gasteiger partial charge in [0.15, 0.2) is 0 Å². The zero-order valence-corrected chi connectivity index (χ0v) is 10.8. The molecule has 0 aliphatic heterocycles. The molecular weight excluding hydrogens is 232 g/mol. The van der Waals surface area contributed by atoms with Crippen molar-refractivity contribution in [2.45, 2.75) is 33.2 Å². The summed E-state index contributed by atoms with van der Waals surface area (Å²) in [5.74, 6) is -1.28. The fourth-order valence-corrected chi connectivity index (χ4v) is 1.48. The number of carboxylic acid groups (broad SMARTS) is 1. The Bertz CT molecular complexity index is 424. The Labute approximate surface area is 106 Å². The van der Waals surface area contributed by atoms with Crippen LogP contribution in [0.1, 0.15) is 37.7 Å². The highest BCUT2D eigenvalue weighted by atomic mass is 16.4. The van der Waals surface area contributed by atoms with Crippen molar-refractivity contribution in [2.24, 2.45) is 5.41 Å². The molecule has 0 saturated heterocycles. The van der Waals surface area contributed by atoms with E-state index in [1.807, 2.05) is 20.8 Å². The molecule has 0 aliphatic rings. The molecule has 0 saturated carbocycles. The van der Waals surface area contributed by atoms with E-state index >= 15 is 0 Å². The number of carbonyl (C=O) groups excluding carboxylic acids is 1. The van der Waals surface area contributed by atoms with Gasteiger partial charge < -0.3 is 10.4 Å². The molecule has 1 atom stereocenters. The van der Waals surface area contributed by atoms with Crippen molar-refractivity contribution in [3.8, 4) is 0 Å². The first kappa shape index (κ1) is 14.2. The van der Waals surface area contributed by atoms with Crippen LogP contribution in [0.15, 0.2) is 24.4 Å². The van der Waals surface area contributed by atoms with Gasteiger partial charge in [0, 0.05) is 12.2 Å². The molecular formula is C13H18N2O3. The maximum atomic E-state index is 11.9. The average Bonchev–Trinajstić information content (AvgIpc) is 2.27. The Hall–Kier alpha value is -1.91. The summed E-state index contributed by atoms with van der Waals surface area (Å²) in [7, 11) is 0. The Morgan fingerprint density at radius 1 is 1.39 bits per heavy atom. The van der Waals surface area contributed by atoms with E-state index in [0.717, 1.165) is 0 Å². The molecule has 18 heavy (non-hydrogen) atoms. The van der Waals surface area contributed by atoms with Gasteiger partial charge >= 0.3 is 5.97 Å². The minimum atomic E-state index is -0.934. The summed E-state index contributed by atoms with van der Waals surface area (Å²) >= 11 is 0. The molecule has 0 spiro atoms. The lowest BCUT2D eigenvalue weighted by molar-refractivity contribution is -0.138. The van der Waals surface area contributed by atoms with E-state index in [1.54, 1.807) is 18.2 Å². The van der Waals surface area contributed by atoms with Gasteiger partial charge in [-0.15, -0.1) is 0 Å². The lowest BCUT2D eigenvalue weighted by Crippen LogP contribution is -2.45. The molecule has 1 rings (SSSR count). The van der Waals surface area contributed by atoms with E-state index in [4.69, 9.17) is 5.11 Å². The molecule has 1 unspecified atom stereocenters. The number of carbonyl (C=O) groups is 2. The largest absolute Gasteiger partial charge is 0.481 e. The maximum absolute atomic E-state index is 11.9. The predicted molar refractivity (Wildman–Crippen MR) is 67.2 cm³/mol. The Kier molecular flexibility index (Phi) is 4.42. The fraction of sp³-hybridized carbons (Fsp3) is 0.462. The Morgan fingerprint density at radius 3 is 2.50 bits per heavy atom. The molecule has 2 N–H and O–H groups in total. The van der Waals surface area contributed by atoms with E-state index in [-0.39, 0.29) is 23.4 Å². The first-order valence-corrected chi connectivity index (χ1v) is 5.74. The molecule has 0 fully saturated rings. The molecule has 1 aromatic heterocycles. The number of nitrogens with zero attached hydrogens (tertiary/aromatic N) is 1. The molecule has 5 heteroatoms. The molecule has 1 heterocycles. The van der Waals surface area contributed by atoms with Crippen molar-refractivity contribution in [1.29, 1.82) is 0 Å². The number of pyridine rings is 1. The van der Waals surface area contributed by atoms with E-state index in [2.05, 4.69) is 10.3 Å². The second-order valence-electron chi connectivity index (χ2n) is 5.20. The molecule has 0 radical (unpaired) electrons. The average molecular weight is 250 g/mol. The lowest BCUT2D eigenvalue weighted by Gasteiger charge is -2.30. The number of amides is 1. The van der Waals surface area contributed by atoms with Crippen LogP contribution in [0.4, 0.5) is 0 Å². The highest BCUT2D eigenvalue weighted by Crippen LogP contribution is 2.22. The summed E-state index contributed by atoms with van der Waals surface area (Å²) in [6.07, 6.45) is 1.42. The molecule has 0 bridgehead atoms. The fourth-order valence-electron chi connectivity index (χ4n) is 1.48. The van der Waals surface area contributed by atoms with Crippen molar-refractivity contribution in [3.05, 3.63) is 30.1 Å². The van der Waals surface area contributed by atoms with Gasteiger partial charge in [0.25, 0.3) is 5.91 Å². The van der Waals surface area contributed by atoms with Crippen molar-refractivity contribution < 1.29 is 14.7 Å². The summed E-state index contributed by atoms with van der Waals surface area (Å²) in [6, 6.07) is 4.58. The SMILES string of the molecule is CC(C)(C)C(CC(=O)O)NC(=O)c1ccccn1. The van der Waals surface area contributed by atoms with Crippen LogP contribution in [0.3, 0.4) is 0 Å². The van der Waals surface area contributed by atoms with Gasteiger partial charge in [-0.25, -0.2) is 0 Å². The number of carboxylic acids is 1. The van der Waals surface area contributed by atoms with Crippen LogP contribution in [0.5, 0.6) is 0 Å². The zero-order valence-electron chi connectivity index (χ0n) is 10.8. The van der Waals surface area contributed by atoms with Crippen LogP contribution in [-0.4, -0.2) is 28.0 Å². The third kappa shape index (κ3) is 4.16. The van der Waals surface area contributed by atoms with E-state index in [9.17, 15) is 9.59 Å². The minimum absolute atomic E-state index is 0.109. The molecule has 5 nitrogen and oxygen atoms in total. The number of aliphatic carboxylic acids is 1. The summed E-state index contributed by atoms with van der Waals surface area (Å²) < 4.78 is 0. The maximum Gasteiger partial charge on any atom is 0.305 e. The molecule has 1 amide bonds. The van der Waals surface area contributed by atoms with Gasteiger partial charge in [-0.2, -0.15) is 0 Å². The summed E-state index contributed by atoms with van der Waals surface area (Å²) in [6.45, 7) is 5.66. The first-order chi connectivity index (χ1) is 8.30. The monoisotopic (exact) mass is 250 g/mol. The summed E-state index contributed by atoms with van der Waals surface area (Å²) in [4.78, 5) is 26.7. The number of nitrogens with one attached hydrogen (secondary N) is 1. The smallest absolute Gasteiger partial charge is 0.305 e. The van der Waals surface area contributed by atoms with Crippen molar-refractivity contribution in [1.82, 2.24) is 10.3 Å². The summed E-state index contributed by atoms with van der Waals surface area (Å²) in [5.41, 5.74) is -0.0415. The quantitative estimate of drug-likeness (QED) is 0.852. The van der Waals surface area contributed by atoms with E-state index < -0.39 is 12.0 Å².